The van der Waals surface area contributed by atoms with Gasteiger partial charge in [-0.2, -0.15) is 0 Å². The summed E-state index contributed by atoms with van der Waals surface area (Å²) < 4.78 is 2.29. The van der Waals surface area contributed by atoms with Crippen LogP contribution in [0.3, 0.4) is 0 Å². The second-order valence-corrected chi connectivity index (χ2v) is 6.33. The van der Waals surface area contributed by atoms with Crippen molar-refractivity contribution < 1.29 is 0 Å². The lowest BCUT2D eigenvalue weighted by Crippen LogP contribution is -2.24. The van der Waals surface area contributed by atoms with Gasteiger partial charge in [0.15, 0.2) is 5.13 Å². The molecule has 2 aromatic rings. The second-order valence-electron chi connectivity index (χ2n) is 4.14. The van der Waals surface area contributed by atoms with Crippen molar-refractivity contribution in [3.8, 4) is 0 Å². The average molecular weight is 390 g/mol. The van der Waals surface area contributed by atoms with Crippen molar-refractivity contribution in [1.82, 2.24) is 14.5 Å². The zero-order valence-corrected chi connectivity index (χ0v) is 13.8. The van der Waals surface area contributed by atoms with Crippen LogP contribution in [0.25, 0.3) is 0 Å². The van der Waals surface area contributed by atoms with Crippen molar-refractivity contribution in [2.24, 2.45) is 0 Å². The van der Waals surface area contributed by atoms with Gasteiger partial charge in [0.25, 0.3) is 5.56 Å². The van der Waals surface area contributed by atoms with Gasteiger partial charge in [0.1, 0.15) is 0 Å². The molecule has 1 N–H and O–H groups in total. The van der Waals surface area contributed by atoms with Crippen LogP contribution in [0.15, 0.2) is 17.3 Å². The molecule has 0 saturated heterocycles. The fourth-order valence-corrected chi connectivity index (χ4v) is 2.81. The Bertz CT molecular complexity index is 622. The van der Waals surface area contributed by atoms with Crippen LogP contribution < -0.4 is 10.9 Å². The summed E-state index contributed by atoms with van der Waals surface area (Å²) in [5.74, 6) is 0. The third kappa shape index (κ3) is 3.53. The van der Waals surface area contributed by atoms with Gasteiger partial charge in [-0.15, -0.1) is 11.3 Å². The van der Waals surface area contributed by atoms with Crippen LogP contribution in [-0.2, 0) is 6.54 Å². The second kappa shape index (κ2) is 6.47. The standard InChI is InChI=1S/C12H15IN4OS/c1-3-4-14-12-15-5-9(19-12)6-17-7-16-8(2)10(13)11(17)18/h5,7H,3-4,6H2,1-2H3,(H,14,15). The third-order valence-electron chi connectivity index (χ3n) is 2.56. The summed E-state index contributed by atoms with van der Waals surface area (Å²) in [4.78, 5) is 21.6. The first-order chi connectivity index (χ1) is 9.11. The molecule has 0 bridgehead atoms. The molecule has 0 radical (unpaired) electrons. The molecule has 0 fully saturated rings. The predicted octanol–water partition coefficient (Wildman–Crippen LogP) is 2.48. The number of aromatic nitrogens is 3. The first-order valence-corrected chi connectivity index (χ1v) is 7.91. The summed E-state index contributed by atoms with van der Waals surface area (Å²) in [6.07, 6.45) is 4.47. The SMILES string of the molecule is CCCNc1ncc(Cn2cnc(C)c(I)c2=O)s1. The normalized spacial score (nSPS) is 10.7. The highest BCUT2D eigenvalue weighted by atomic mass is 127. The van der Waals surface area contributed by atoms with E-state index in [9.17, 15) is 4.79 Å². The smallest absolute Gasteiger partial charge is 0.267 e. The molecule has 0 aliphatic heterocycles. The number of thiazole rings is 1. The van der Waals surface area contributed by atoms with Crippen molar-refractivity contribution in [3.63, 3.8) is 0 Å². The van der Waals surface area contributed by atoms with E-state index in [1.807, 2.05) is 35.7 Å². The fraction of sp³-hybridized carbons (Fsp3) is 0.417. The fourth-order valence-electron chi connectivity index (χ4n) is 1.52. The molecule has 0 saturated carbocycles. The van der Waals surface area contributed by atoms with Gasteiger partial charge in [-0.05, 0) is 35.9 Å². The van der Waals surface area contributed by atoms with E-state index < -0.39 is 0 Å². The zero-order valence-electron chi connectivity index (χ0n) is 10.8. The van der Waals surface area contributed by atoms with Crippen molar-refractivity contribution in [3.05, 3.63) is 37.0 Å². The van der Waals surface area contributed by atoms with E-state index in [-0.39, 0.29) is 5.56 Å². The molecule has 0 aliphatic rings. The highest BCUT2D eigenvalue weighted by Gasteiger charge is 2.07. The molecule has 2 heterocycles. The van der Waals surface area contributed by atoms with E-state index in [2.05, 4.69) is 22.2 Å². The van der Waals surface area contributed by atoms with Crippen LogP contribution >= 0.6 is 33.9 Å². The van der Waals surface area contributed by atoms with Crippen molar-refractivity contribution >= 4 is 39.1 Å². The lowest BCUT2D eigenvalue weighted by Gasteiger charge is -2.04. The quantitative estimate of drug-likeness (QED) is 0.798. The Morgan fingerprint density at radius 1 is 1.47 bits per heavy atom. The molecule has 102 valence electrons. The van der Waals surface area contributed by atoms with Gasteiger partial charge in [-0.25, -0.2) is 9.97 Å². The van der Waals surface area contributed by atoms with Crippen molar-refractivity contribution in [2.75, 3.05) is 11.9 Å². The number of nitrogens with one attached hydrogen (secondary N) is 1. The van der Waals surface area contributed by atoms with Crippen LogP contribution in [0, 0.1) is 10.5 Å². The molecule has 0 amide bonds. The summed E-state index contributed by atoms with van der Waals surface area (Å²) in [5.41, 5.74) is 0.779. The van der Waals surface area contributed by atoms with Crippen LogP contribution in [0.4, 0.5) is 5.13 Å². The molecule has 0 spiro atoms. The minimum Gasteiger partial charge on any atom is -0.362 e. The maximum absolute atomic E-state index is 12.1. The molecule has 2 aromatic heterocycles. The third-order valence-corrected chi connectivity index (χ3v) is 4.74. The van der Waals surface area contributed by atoms with Gasteiger partial charge >= 0.3 is 0 Å². The molecular formula is C12H15IN4OS. The summed E-state index contributed by atoms with van der Waals surface area (Å²) in [6, 6.07) is 0. The molecule has 5 nitrogen and oxygen atoms in total. The molecule has 0 unspecified atom stereocenters. The van der Waals surface area contributed by atoms with E-state index in [0.29, 0.717) is 10.1 Å². The predicted molar refractivity (Wildman–Crippen MR) is 85.9 cm³/mol. The number of hydrogen-bond acceptors (Lipinski definition) is 5. The Hall–Kier alpha value is -0.960. The molecule has 19 heavy (non-hydrogen) atoms. The Kier molecular flexibility index (Phi) is 4.92. The summed E-state index contributed by atoms with van der Waals surface area (Å²) in [5, 5.41) is 4.14. The van der Waals surface area contributed by atoms with E-state index in [4.69, 9.17) is 0 Å². The minimum atomic E-state index is 0.00423. The van der Waals surface area contributed by atoms with Gasteiger partial charge in [0, 0.05) is 17.6 Å². The molecule has 0 aromatic carbocycles. The number of aryl methyl sites for hydroxylation is 1. The van der Waals surface area contributed by atoms with Crippen LogP contribution in [0.2, 0.25) is 0 Å². The average Bonchev–Trinajstić information content (AvgIpc) is 2.85. The number of anilines is 1. The van der Waals surface area contributed by atoms with E-state index in [0.717, 1.165) is 28.7 Å². The zero-order chi connectivity index (χ0) is 13.8. The Balaban J connectivity index is 2.15. The Labute approximate surface area is 129 Å². The van der Waals surface area contributed by atoms with Crippen LogP contribution in [0.1, 0.15) is 23.9 Å². The maximum Gasteiger partial charge on any atom is 0.267 e. The maximum atomic E-state index is 12.1. The summed E-state index contributed by atoms with van der Waals surface area (Å²) in [6.45, 7) is 5.39. The molecule has 7 heteroatoms. The lowest BCUT2D eigenvalue weighted by atomic mass is 10.4. The number of rotatable bonds is 5. The van der Waals surface area contributed by atoms with E-state index in [1.165, 1.54) is 0 Å². The first kappa shape index (κ1) is 14.4. The highest BCUT2D eigenvalue weighted by Crippen LogP contribution is 2.18. The van der Waals surface area contributed by atoms with Crippen molar-refractivity contribution in [1.29, 1.82) is 0 Å². The van der Waals surface area contributed by atoms with E-state index >= 15 is 0 Å². The van der Waals surface area contributed by atoms with E-state index in [1.54, 1.807) is 22.2 Å². The number of halogens is 1. The topological polar surface area (TPSA) is 59.8 Å². The Morgan fingerprint density at radius 3 is 3.00 bits per heavy atom. The summed E-state index contributed by atoms with van der Waals surface area (Å²) >= 11 is 3.61. The van der Waals surface area contributed by atoms with Crippen LogP contribution in [-0.4, -0.2) is 21.1 Å². The number of hydrogen-bond donors (Lipinski definition) is 1. The largest absolute Gasteiger partial charge is 0.362 e. The van der Waals surface area contributed by atoms with Crippen LogP contribution in [0.5, 0.6) is 0 Å². The summed E-state index contributed by atoms with van der Waals surface area (Å²) in [7, 11) is 0. The molecule has 2 rings (SSSR count). The van der Waals surface area contributed by atoms with Gasteiger partial charge < -0.3 is 5.32 Å². The van der Waals surface area contributed by atoms with Gasteiger partial charge in [0.05, 0.1) is 22.1 Å². The molecule has 0 aliphatic carbocycles. The Morgan fingerprint density at radius 2 is 2.26 bits per heavy atom. The number of nitrogens with zero attached hydrogens (tertiary/aromatic N) is 3. The van der Waals surface area contributed by atoms with Gasteiger partial charge in [-0.3, -0.25) is 9.36 Å². The first-order valence-electron chi connectivity index (χ1n) is 6.02. The minimum absolute atomic E-state index is 0.00423. The monoisotopic (exact) mass is 390 g/mol. The van der Waals surface area contributed by atoms with Gasteiger partial charge in [0.2, 0.25) is 0 Å². The van der Waals surface area contributed by atoms with Crippen molar-refractivity contribution in [2.45, 2.75) is 26.8 Å². The van der Waals surface area contributed by atoms with Gasteiger partial charge in [-0.1, -0.05) is 6.92 Å². The lowest BCUT2D eigenvalue weighted by molar-refractivity contribution is 0.731. The molecule has 0 atom stereocenters. The highest BCUT2D eigenvalue weighted by molar-refractivity contribution is 14.1. The molecular weight excluding hydrogens is 375 g/mol.